The Labute approximate surface area is 158 Å². The molecule has 3 rings (SSSR count). The van der Waals surface area contributed by atoms with Crippen LogP contribution in [0.15, 0.2) is 18.3 Å². The molecule has 0 saturated heterocycles. The molecule has 2 aromatic rings. The number of nitrogens with one attached hydrogen (secondary N) is 3. The minimum Gasteiger partial charge on any atom is -0.496 e. The molecule has 0 atom stereocenters. The monoisotopic (exact) mass is 370 g/mol. The van der Waals surface area contributed by atoms with E-state index in [0.29, 0.717) is 40.0 Å². The molecule has 2 amide bonds. The van der Waals surface area contributed by atoms with Gasteiger partial charge in [-0.25, -0.2) is 0 Å². The van der Waals surface area contributed by atoms with Gasteiger partial charge < -0.3 is 20.7 Å². The van der Waals surface area contributed by atoms with Crippen molar-refractivity contribution < 1.29 is 14.3 Å². The number of aromatic nitrogens is 1. The predicted molar refractivity (Wildman–Crippen MR) is 106 cm³/mol. The summed E-state index contributed by atoms with van der Waals surface area (Å²) in [5.41, 5.74) is 2.21. The number of amides is 2. The first-order chi connectivity index (χ1) is 13.1. The molecule has 7 heteroatoms. The van der Waals surface area contributed by atoms with Gasteiger partial charge in [0.1, 0.15) is 5.75 Å². The highest BCUT2D eigenvalue weighted by Crippen LogP contribution is 2.32. The molecule has 1 aromatic carbocycles. The molecule has 1 aromatic heterocycles. The van der Waals surface area contributed by atoms with E-state index in [-0.39, 0.29) is 17.9 Å². The highest BCUT2D eigenvalue weighted by Gasteiger charge is 2.26. The van der Waals surface area contributed by atoms with Crippen LogP contribution in [0.5, 0.6) is 5.75 Å². The summed E-state index contributed by atoms with van der Waals surface area (Å²) in [6.45, 7) is 2.68. The molecule has 0 aliphatic heterocycles. The van der Waals surface area contributed by atoms with Crippen LogP contribution in [0.2, 0.25) is 0 Å². The minimum atomic E-state index is -0.197. The first kappa shape index (κ1) is 18.9. The molecule has 27 heavy (non-hydrogen) atoms. The van der Waals surface area contributed by atoms with Crippen molar-refractivity contribution in [2.24, 2.45) is 0 Å². The molecule has 7 nitrogen and oxygen atoms in total. The molecule has 0 unspecified atom stereocenters. The van der Waals surface area contributed by atoms with Gasteiger partial charge in [-0.05, 0) is 25.3 Å². The van der Waals surface area contributed by atoms with Crippen LogP contribution in [0.4, 0.5) is 5.69 Å². The Kier molecular flexibility index (Phi) is 5.78. The number of ether oxygens (including phenoxy) is 1. The van der Waals surface area contributed by atoms with Gasteiger partial charge in [0.15, 0.2) is 0 Å². The van der Waals surface area contributed by atoms with Crippen LogP contribution in [-0.4, -0.2) is 43.5 Å². The van der Waals surface area contributed by atoms with Crippen LogP contribution < -0.4 is 20.7 Å². The lowest BCUT2D eigenvalue weighted by molar-refractivity contribution is 0.0943. The molecule has 1 heterocycles. The van der Waals surface area contributed by atoms with E-state index >= 15 is 0 Å². The van der Waals surface area contributed by atoms with Crippen LogP contribution >= 0.6 is 0 Å². The quantitative estimate of drug-likeness (QED) is 0.622. The topological polar surface area (TPSA) is 92.4 Å². The summed E-state index contributed by atoms with van der Waals surface area (Å²) >= 11 is 0. The third-order valence-corrected chi connectivity index (χ3v) is 4.66. The van der Waals surface area contributed by atoms with E-state index in [1.165, 1.54) is 7.11 Å². The number of anilines is 1. The normalized spacial score (nSPS) is 13.3. The molecule has 1 fully saturated rings. The fourth-order valence-corrected chi connectivity index (χ4v) is 2.97. The molecule has 0 bridgehead atoms. The van der Waals surface area contributed by atoms with Crippen molar-refractivity contribution in [3.05, 3.63) is 29.5 Å². The van der Waals surface area contributed by atoms with Crippen LogP contribution in [0.25, 0.3) is 10.9 Å². The Morgan fingerprint density at radius 2 is 2.00 bits per heavy atom. The highest BCUT2D eigenvalue weighted by atomic mass is 16.5. The zero-order valence-corrected chi connectivity index (χ0v) is 16.0. The van der Waals surface area contributed by atoms with Crippen LogP contribution in [0.3, 0.4) is 0 Å². The molecule has 3 N–H and O–H groups in total. The van der Waals surface area contributed by atoms with Crippen molar-refractivity contribution >= 4 is 28.4 Å². The maximum Gasteiger partial charge on any atom is 0.255 e. The third-order valence-electron chi connectivity index (χ3n) is 4.66. The number of hydrogen-bond acceptors (Lipinski definition) is 5. The van der Waals surface area contributed by atoms with Crippen molar-refractivity contribution in [1.82, 2.24) is 15.6 Å². The Morgan fingerprint density at radius 1 is 1.22 bits per heavy atom. The number of hydrogen-bond donors (Lipinski definition) is 3. The molecule has 144 valence electrons. The van der Waals surface area contributed by atoms with Gasteiger partial charge in [0.2, 0.25) is 0 Å². The first-order valence-electron chi connectivity index (χ1n) is 9.36. The fraction of sp³-hybridized carbons (Fsp3) is 0.450. The molecular weight excluding hydrogens is 344 g/mol. The summed E-state index contributed by atoms with van der Waals surface area (Å²) in [5.74, 6) is 0.110. The second kappa shape index (κ2) is 8.24. The lowest BCUT2D eigenvalue weighted by atomic mass is 10.0. The lowest BCUT2D eigenvalue weighted by Crippen LogP contribution is -2.26. The maximum atomic E-state index is 12.6. The maximum absolute atomic E-state index is 12.6. The van der Waals surface area contributed by atoms with Gasteiger partial charge in [0, 0.05) is 37.3 Å². The van der Waals surface area contributed by atoms with Gasteiger partial charge in [-0.1, -0.05) is 13.3 Å². The highest BCUT2D eigenvalue weighted by molar-refractivity contribution is 6.10. The summed E-state index contributed by atoms with van der Waals surface area (Å²) < 4.78 is 5.39. The van der Waals surface area contributed by atoms with Crippen molar-refractivity contribution in [2.75, 3.05) is 26.0 Å². The van der Waals surface area contributed by atoms with Gasteiger partial charge in [-0.15, -0.1) is 0 Å². The summed E-state index contributed by atoms with van der Waals surface area (Å²) in [6.07, 6.45) is 5.51. The van der Waals surface area contributed by atoms with Crippen LogP contribution in [0, 0.1) is 0 Å². The van der Waals surface area contributed by atoms with E-state index in [4.69, 9.17) is 4.74 Å². The third kappa shape index (κ3) is 4.13. The predicted octanol–water partition coefficient (Wildman–Crippen LogP) is 2.71. The standard InChI is InChI=1S/C20H26N4O3/c1-4-5-8-22-19(25)14-9-13-16(10-17(14)27-3)23-11-15(18(13)21-2)20(26)24-12-6-7-12/h9-12H,4-8H2,1-3H3,(H,21,23)(H,22,25)(H,24,26). The summed E-state index contributed by atoms with van der Waals surface area (Å²) in [4.78, 5) is 29.6. The Hall–Kier alpha value is -2.83. The van der Waals surface area contributed by atoms with Crippen LogP contribution in [0.1, 0.15) is 53.3 Å². The summed E-state index contributed by atoms with van der Waals surface area (Å²) in [6, 6.07) is 3.73. The summed E-state index contributed by atoms with van der Waals surface area (Å²) in [7, 11) is 3.29. The van der Waals surface area contributed by atoms with E-state index in [9.17, 15) is 9.59 Å². The molecule has 1 aliphatic rings. The lowest BCUT2D eigenvalue weighted by Gasteiger charge is -2.15. The fourth-order valence-electron chi connectivity index (χ4n) is 2.97. The van der Waals surface area contributed by atoms with Crippen molar-refractivity contribution in [3.8, 4) is 5.75 Å². The largest absolute Gasteiger partial charge is 0.496 e. The second-order valence-corrected chi connectivity index (χ2v) is 6.72. The Morgan fingerprint density at radius 3 is 2.63 bits per heavy atom. The van der Waals surface area contributed by atoms with E-state index in [2.05, 4.69) is 27.9 Å². The van der Waals surface area contributed by atoms with Gasteiger partial charge in [0.05, 0.1) is 29.4 Å². The van der Waals surface area contributed by atoms with Gasteiger partial charge in [-0.2, -0.15) is 0 Å². The zero-order valence-electron chi connectivity index (χ0n) is 16.0. The SMILES string of the molecule is CCCCNC(=O)c1cc2c(NC)c(C(=O)NC3CC3)cnc2cc1OC. The average molecular weight is 370 g/mol. The number of unbranched alkanes of at least 4 members (excludes halogenated alkanes) is 1. The first-order valence-corrected chi connectivity index (χ1v) is 9.36. The molecule has 0 radical (unpaired) electrons. The van der Waals surface area contributed by atoms with Gasteiger partial charge in [-0.3, -0.25) is 14.6 Å². The zero-order chi connectivity index (χ0) is 19.4. The van der Waals surface area contributed by atoms with Crippen molar-refractivity contribution in [2.45, 2.75) is 38.6 Å². The van der Waals surface area contributed by atoms with E-state index < -0.39 is 0 Å². The van der Waals surface area contributed by atoms with E-state index in [1.54, 1.807) is 25.4 Å². The molecular formula is C20H26N4O3. The molecule has 1 aliphatic carbocycles. The Bertz CT molecular complexity index is 862. The summed E-state index contributed by atoms with van der Waals surface area (Å²) in [5, 5.41) is 9.70. The number of carbonyl (C=O) groups is 2. The number of fused-ring (bicyclic) bond motifs is 1. The Balaban J connectivity index is 2.02. The van der Waals surface area contributed by atoms with Crippen molar-refractivity contribution in [1.29, 1.82) is 0 Å². The second-order valence-electron chi connectivity index (χ2n) is 6.72. The van der Waals surface area contributed by atoms with Crippen LogP contribution in [-0.2, 0) is 0 Å². The number of rotatable bonds is 8. The smallest absolute Gasteiger partial charge is 0.255 e. The van der Waals surface area contributed by atoms with E-state index in [1.807, 2.05) is 0 Å². The molecule has 0 spiro atoms. The number of methoxy groups -OCH3 is 1. The number of benzene rings is 1. The average Bonchev–Trinajstić information content (AvgIpc) is 3.49. The van der Waals surface area contributed by atoms with E-state index in [0.717, 1.165) is 25.7 Å². The van der Waals surface area contributed by atoms with Gasteiger partial charge in [0.25, 0.3) is 11.8 Å². The van der Waals surface area contributed by atoms with Gasteiger partial charge >= 0.3 is 0 Å². The number of nitrogens with zero attached hydrogens (tertiary/aromatic N) is 1. The van der Waals surface area contributed by atoms with Crippen molar-refractivity contribution in [3.63, 3.8) is 0 Å². The molecule has 1 saturated carbocycles. The number of pyridine rings is 1. The minimum absolute atomic E-state index is 0.152. The number of carbonyl (C=O) groups excluding carboxylic acids is 2.